The van der Waals surface area contributed by atoms with Crippen LogP contribution in [0.2, 0.25) is 0 Å². The Morgan fingerprint density at radius 2 is 1.71 bits per heavy atom. The molecule has 200 valence electrons. The van der Waals surface area contributed by atoms with E-state index in [0.29, 0.717) is 67.4 Å². The number of carbonyl (C=O) groups is 1. The van der Waals surface area contributed by atoms with Gasteiger partial charge in [0.1, 0.15) is 22.0 Å². The second-order valence-corrected chi connectivity index (χ2v) is 11.1. The average molecular weight is 537 g/mol. The third-order valence-electron chi connectivity index (χ3n) is 6.73. The molecule has 0 saturated heterocycles. The summed E-state index contributed by atoms with van der Waals surface area (Å²) in [6, 6.07) is 10.0. The number of aromatic nitrogens is 1. The van der Waals surface area contributed by atoms with Gasteiger partial charge in [0.05, 0.1) is 10.5 Å². The summed E-state index contributed by atoms with van der Waals surface area (Å²) in [6.07, 6.45) is 1.73. The lowest BCUT2D eigenvalue weighted by Crippen LogP contribution is -2.29. The van der Waals surface area contributed by atoms with Gasteiger partial charge in [-0.2, -0.15) is 0 Å². The first-order valence-corrected chi connectivity index (χ1v) is 13.4. The van der Waals surface area contributed by atoms with Gasteiger partial charge >= 0.3 is 0 Å². The minimum absolute atomic E-state index is 0.122. The first-order chi connectivity index (χ1) is 17.8. The highest BCUT2D eigenvalue weighted by Gasteiger charge is 2.24. The van der Waals surface area contributed by atoms with Crippen molar-refractivity contribution in [1.29, 1.82) is 0 Å². The number of hydrogen-bond donors (Lipinski definition) is 1. The van der Waals surface area contributed by atoms with Crippen molar-refractivity contribution in [2.45, 2.75) is 47.1 Å². The van der Waals surface area contributed by atoms with Crippen LogP contribution in [0.4, 0.5) is 4.39 Å². The van der Waals surface area contributed by atoms with E-state index in [1.165, 1.54) is 28.0 Å². The number of carbonyl (C=O) groups excluding carboxylic acids is 1. The van der Waals surface area contributed by atoms with Gasteiger partial charge in [-0.25, -0.2) is 4.39 Å². The number of thiophene rings is 1. The van der Waals surface area contributed by atoms with E-state index in [-0.39, 0.29) is 17.3 Å². The Hall–Kier alpha value is -3.49. The highest BCUT2D eigenvalue weighted by atomic mass is 32.1. The summed E-state index contributed by atoms with van der Waals surface area (Å²) in [5.74, 6) is 0.558. The standard InChI is InChI=1S/C30H33FN2O4S/c1-8-33(9-2)28(34)25-15-22-23(16-32(7)29(35)27(22)38-25)21-14-19(30(5,6)36)10-11-24(21)37-26-17(3)12-20(31)13-18(26)4/h10-16,36H,8-9H2,1-7H3. The van der Waals surface area contributed by atoms with E-state index in [4.69, 9.17) is 4.74 Å². The molecule has 1 amide bonds. The fourth-order valence-electron chi connectivity index (χ4n) is 4.60. The van der Waals surface area contributed by atoms with Crippen LogP contribution in [0.1, 0.15) is 54.1 Å². The van der Waals surface area contributed by atoms with E-state index in [2.05, 4.69) is 0 Å². The van der Waals surface area contributed by atoms with Crippen LogP contribution in [0.5, 0.6) is 11.5 Å². The molecular formula is C30H33FN2O4S. The monoisotopic (exact) mass is 536 g/mol. The van der Waals surface area contributed by atoms with Gasteiger partial charge in [-0.15, -0.1) is 11.3 Å². The van der Waals surface area contributed by atoms with Crippen LogP contribution in [-0.2, 0) is 12.6 Å². The molecule has 0 aliphatic heterocycles. The van der Waals surface area contributed by atoms with Crippen LogP contribution in [0, 0.1) is 19.7 Å². The van der Waals surface area contributed by atoms with E-state index in [1.54, 1.807) is 64.0 Å². The van der Waals surface area contributed by atoms with Gasteiger partial charge < -0.3 is 19.3 Å². The van der Waals surface area contributed by atoms with Crippen molar-refractivity contribution in [1.82, 2.24) is 9.47 Å². The smallest absolute Gasteiger partial charge is 0.268 e. The maximum absolute atomic E-state index is 14.0. The average Bonchev–Trinajstić information content (AvgIpc) is 3.29. The maximum Gasteiger partial charge on any atom is 0.268 e. The van der Waals surface area contributed by atoms with E-state index >= 15 is 0 Å². The molecule has 2 aromatic carbocycles. The molecule has 4 rings (SSSR count). The number of pyridine rings is 1. The number of nitrogens with zero attached hydrogens (tertiary/aromatic N) is 2. The summed E-state index contributed by atoms with van der Waals surface area (Å²) in [6.45, 7) is 11.9. The van der Waals surface area contributed by atoms with Gasteiger partial charge in [0.15, 0.2) is 0 Å². The number of ether oxygens (including phenoxy) is 1. The maximum atomic E-state index is 14.0. The molecule has 6 nitrogen and oxygen atoms in total. The zero-order valence-corrected chi connectivity index (χ0v) is 23.6. The Balaban J connectivity index is 1.99. The summed E-state index contributed by atoms with van der Waals surface area (Å²) in [5.41, 5.74) is 1.96. The molecule has 0 fully saturated rings. The van der Waals surface area contributed by atoms with E-state index in [0.717, 1.165) is 0 Å². The molecule has 38 heavy (non-hydrogen) atoms. The highest BCUT2D eigenvalue weighted by Crippen LogP contribution is 2.42. The van der Waals surface area contributed by atoms with Crippen molar-refractivity contribution in [3.05, 3.63) is 80.3 Å². The zero-order chi connectivity index (χ0) is 27.9. The first kappa shape index (κ1) is 27.5. The molecule has 0 unspecified atom stereocenters. The van der Waals surface area contributed by atoms with E-state index in [9.17, 15) is 19.1 Å². The third kappa shape index (κ3) is 5.11. The number of hydrogen-bond acceptors (Lipinski definition) is 5. The second kappa shape index (κ2) is 10.3. The normalized spacial score (nSPS) is 11.7. The lowest BCUT2D eigenvalue weighted by molar-refractivity contribution is 0.0774. The van der Waals surface area contributed by atoms with Crippen molar-refractivity contribution in [3.8, 4) is 22.6 Å². The van der Waals surface area contributed by atoms with Gasteiger partial charge in [-0.05, 0) is 88.6 Å². The van der Waals surface area contributed by atoms with Gasteiger partial charge in [0.2, 0.25) is 0 Å². The molecule has 0 saturated carbocycles. The molecule has 0 bridgehead atoms. The summed E-state index contributed by atoms with van der Waals surface area (Å²) in [7, 11) is 1.67. The zero-order valence-electron chi connectivity index (χ0n) is 22.8. The van der Waals surface area contributed by atoms with E-state index < -0.39 is 5.60 Å². The van der Waals surface area contributed by atoms with Gasteiger partial charge in [0.25, 0.3) is 11.5 Å². The van der Waals surface area contributed by atoms with Crippen molar-refractivity contribution < 1.29 is 19.0 Å². The molecule has 2 aromatic heterocycles. The molecular weight excluding hydrogens is 503 g/mol. The lowest BCUT2D eigenvalue weighted by Gasteiger charge is -2.22. The quantitative estimate of drug-likeness (QED) is 0.292. The topological polar surface area (TPSA) is 71.8 Å². The number of fused-ring (bicyclic) bond motifs is 1. The molecule has 8 heteroatoms. The summed E-state index contributed by atoms with van der Waals surface area (Å²) in [5, 5.41) is 11.4. The molecule has 0 atom stereocenters. The number of aryl methyl sites for hydroxylation is 3. The van der Waals surface area contributed by atoms with Crippen molar-refractivity contribution in [3.63, 3.8) is 0 Å². The summed E-state index contributed by atoms with van der Waals surface area (Å²) in [4.78, 5) is 28.5. The minimum atomic E-state index is -1.13. The first-order valence-electron chi connectivity index (χ1n) is 12.6. The summed E-state index contributed by atoms with van der Waals surface area (Å²) >= 11 is 1.18. The number of amides is 1. The van der Waals surface area contributed by atoms with Gasteiger partial charge in [0, 0.05) is 42.8 Å². The van der Waals surface area contributed by atoms with E-state index in [1.807, 2.05) is 19.9 Å². The molecule has 0 radical (unpaired) electrons. The largest absolute Gasteiger partial charge is 0.456 e. The Labute approximate surface area is 225 Å². The van der Waals surface area contributed by atoms with Crippen LogP contribution in [-0.4, -0.2) is 33.6 Å². The predicted octanol–water partition coefficient (Wildman–Crippen LogP) is 6.52. The molecule has 1 N–H and O–H groups in total. The highest BCUT2D eigenvalue weighted by molar-refractivity contribution is 7.20. The molecule has 0 aliphatic rings. The molecule has 0 aliphatic carbocycles. The van der Waals surface area contributed by atoms with Crippen LogP contribution in [0.25, 0.3) is 21.2 Å². The van der Waals surface area contributed by atoms with Crippen molar-refractivity contribution in [2.24, 2.45) is 7.05 Å². The number of benzene rings is 2. The molecule has 2 heterocycles. The summed E-state index contributed by atoms with van der Waals surface area (Å²) < 4.78 is 22.3. The third-order valence-corrected chi connectivity index (χ3v) is 7.85. The predicted molar refractivity (Wildman–Crippen MR) is 151 cm³/mol. The number of rotatable bonds is 7. The minimum Gasteiger partial charge on any atom is -0.456 e. The SMILES string of the molecule is CCN(CC)C(=O)c1cc2c(-c3cc(C(C)(C)O)ccc3Oc3c(C)cc(F)cc3C)cn(C)c(=O)c2s1. The second-order valence-electron chi connectivity index (χ2n) is 10.0. The molecule has 4 aromatic rings. The Kier molecular flexibility index (Phi) is 7.50. The lowest BCUT2D eigenvalue weighted by atomic mass is 9.93. The Morgan fingerprint density at radius 3 is 2.29 bits per heavy atom. The van der Waals surface area contributed by atoms with Crippen molar-refractivity contribution >= 4 is 27.3 Å². The number of halogens is 1. The fraction of sp³-hybridized carbons (Fsp3) is 0.333. The van der Waals surface area contributed by atoms with Crippen LogP contribution < -0.4 is 10.3 Å². The van der Waals surface area contributed by atoms with Crippen LogP contribution in [0.15, 0.2) is 47.4 Å². The fourth-order valence-corrected chi connectivity index (χ4v) is 5.72. The van der Waals surface area contributed by atoms with Gasteiger partial charge in [-0.3, -0.25) is 9.59 Å². The van der Waals surface area contributed by atoms with Crippen LogP contribution in [0.3, 0.4) is 0 Å². The Bertz CT molecular complexity index is 1570. The number of aliphatic hydroxyl groups is 1. The van der Waals surface area contributed by atoms with Crippen LogP contribution >= 0.6 is 11.3 Å². The molecule has 0 spiro atoms. The van der Waals surface area contributed by atoms with Gasteiger partial charge in [-0.1, -0.05) is 6.07 Å². The van der Waals surface area contributed by atoms with Crippen molar-refractivity contribution in [2.75, 3.05) is 13.1 Å². The Morgan fingerprint density at radius 1 is 1.08 bits per heavy atom.